The maximum absolute atomic E-state index is 12.4. The molecule has 0 spiro atoms. The van der Waals surface area contributed by atoms with Gasteiger partial charge in [-0.2, -0.15) is 0 Å². The average Bonchev–Trinajstić information content (AvgIpc) is 3.06. The predicted octanol–water partition coefficient (Wildman–Crippen LogP) is 5.10. The van der Waals surface area contributed by atoms with E-state index in [0.717, 1.165) is 0 Å². The van der Waals surface area contributed by atoms with E-state index in [9.17, 15) is 4.79 Å². The Labute approximate surface area is 154 Å². The van der Waals surface area contributed by atoms with Crippen LogP contribution < -0.4 is 15.8 Å². The van der Waals surface area contributed by atoms with Crippen molar-refractivity contribution in [2.45, 2.75) is 0 Å². The summed E-state index contributed by atoms with van der Waals surface area (Å²) in [5.41, 5.74) is 7.38. The number of rotatable bonds is 4. The molecule has 0 aliphatic rings. The average molecular weight is 377 g/mol. The molecule has 1 aromatic heterocycles. The van der Waals surface area contributed by atoms with Crippen LogP contribution in [0.4, 0.5) is 11.4 Å². The second kappa shape index (κ2) is 7.09. The zero-order valence-electron chi connectivity index (χ0n) is 13.2. The third-order valence-corrected chi connectivity index (χ3v) is 4.05. The first-order chi connectivity index (χ1) is 12.0. The van der Waals surface area contributed by atoms with E-state index in [1.807, 2.05) is 0 Å². The van der Waals surface area contributed by atoms with Crippen molar-refractivity contribution in [3.63, 3.8) is 0 Å². The van der Waals surface area contributed by atoms with Crippen LogP contribution in [-0.4, -0.2) is 13.0 Å². The van der Waals surface area contributed by atoms with Gasteiger partial charge in [0.15, 0.2) is 5.76 Å². The molecule has 3 rings (SSSR count). The third-order valence-electron chi connectivity index (χ3n) is 3.50. The lowest BCUT2D eigenvalue weighted by atomic mass is 10.2. The van der Waals surface area contributed by atoms with Gasteiger partial charge in [-0.05, 0) is 42.5 Å². The second-order valence-electron chi connectivity index (χ2n) is 5.20. The largest absolute Gasteiger partial charge is 0.494 e. The number of furan rings is 1. The molecule has 0 unspecified atom stereocenters. The SMILES string of the molecule is COc1cc(N)ccc1NC(=O)c1ccc(-c2ccc(Cl)cc2Cl)o1. The lowest BCUT2D eigenvalue weighted by molar-refractivity contribution is 0.0997. The van der Waals surface area contributed by atoms with Crippen LogP contribution in [0.2, 0.25) is 10.0 Å². The lowest BCUT2D eigenvalue weighted by Crippen LogP contribution is -2.11. The monoisotopic (exact) mass is 376 g/mol. The van der Waals surface area contributed by atoms with Gasteiger partial charge in [0.2, 0.25) is 0 Å². The van der Waals surface area contributed by atoms with Crippen LogP contribution in [0.3, 0.4) is 0 Å². The van der Waals surface area contributed by atoms with Crippen LogP contribution in [0.25, 0.3) is 11.3 Å². The summed E-state index contributed by atoms with van der Waals surface area (Å²) in [7, 11) is 1.50. The number of ether oxygens (including phenoxy) is 1. The molecule has 3 N–H and O–H groups in total. The highest BCUT2D eigenvalue weighted by molar-refractivity contribution is 6.36. The molecule has 0 aliphatic carbocycles. The highest BCUT2D eigenvalue weighted by Gasteiger charge is 2.16. The van der Waals surface area contributed by atoms with Gasteiger partial charge in [-0.15, -0.1) is 0 Å². The molecule has 0 aliphatic heterocycles. The molecular formula is C18H14Cl2N2O3. The van der Waals surface area contributed by atoms with Crippen molar-refractivity contribution >= 4 is 40.5 Å². The molecule has 0 saturated heterocycles. The van der Waals surface area contributed by atoms with Gasteiger partial charge in [0.25, 0.3) is 5.91 Å². The zero-order valence-corrected chi connectivity index (χ0v) is 14.7. The molecule has 1 heterocycles. The van der Waals surface area contributed by atoms with E-state index < -0.39 is 5.91 Å². The Bertz CT molecular complexity index is 938. The summed E-state index contributed by atoms with van der Waals surface area (Å²) in [4.78, 5) is 12.4. The molecule has 1 amide bonds. The molecule has 2 aromatic carbocycles. The Hall–Kier alpha value is -2.63. The van der Waals surface area contributed by atoms with Crippen molar-refractivity contribution in [1.82, 2.24) is 0 Å². The molecule has 3 aromatic rings. The third kappa shape index (κ3) is 3.73. The van der Waals surface area contributed by atoms with Crippen LogP contribution in [0, 0.1) is 0 Å². The number of carbonyl (C=O) groups excluding carboxylic acids is 1. The van der Waals surface area contributed by atoms with Gasteiger partial charge in [0.05, 0.1) is 17.8 Å². The van der Waals surface area contributed by atoms with Gasteiger partial charge in [0.1, 0.15) is 11.5 Å². The normalized spacial score (nSPS) is 10.5. The number of anilines is 2. The minimum Gasteiger partial charge on any atom is -0.494 e. The molecule has 0 saturated carbocycles. The Morgan fingerprint density at radius 1 is 1.12 bits per heavy atom. The highest BCUT2D eigenvalue weighted by atomic mass is 35.5. The fourth-order valence-electron chi connectivity index (χ4n) is 2.29. The van der Waals surface area contributed by atoms with E-state index in [1.54, 1.807) is 48.5 Å². The maximum atomic E-state index is 12.4. The number of hydrogen-bond donors (Lipinski definition) is 2. The molecule has 128 valence electrons. The summed E-state index contributed by atoms with van der Waals surface area (Å²) < 4.78 is 10.8. The molecular weight excluding hydrogens is 363 g/mol. The standard InChI is InChI=1S/C18H14Cl2N2O3/c1-24-17-9-11(21)3-5-14(17)22-18(23)16-7-6-15(25-16)12-4-2-10(19)8-13(12)20/h2-9H,21H2,1H3,(H,22,23). The second-order valence-corrected chi connectivity index (χ2v) is 6.05. The van der Waals surface area contributed by atoms with E-state index in [0.29, 0.717) is 38.5 Å². The number of carbonyl (C=O) groups is 1. The summed E-state index contributed by atoms with van der Waals surface area (Å²) in [6, 6.07) is 13.2. The highest BCUT2D eigenvalue weighted by Crippen LogP contribution is 2.32. The maximum Gasteiger partial charge on any atom is 0.291 e. The van der Waals surface area contributed by atoms with Crippen molar-refractivity contribution < 1.29 is 13.9 Å². The van der Waals surface area contributed by atoms with Gasteiger partial charge in [-0.25, -0.2) is 0 Å². The van der Waals surface area contributed by atoms with Gasteiger partial charge >= 0.3 is 0 Å². The number of halogens is 2. The van der Waals surface area contributed by atoms with Crippen molar-refractivity contribution in [1.29, 1.82) is 0 Å². The van der Waals surface area contributed by atoms with E-state index in [4.69, 9.17) is 38.1 Å². The lowest BCUT2D eigenvalue weighted by Gasteiger charge is -2.09. The molecule has 0 fully saturated rings. The Balaban J connectivity index is 1.84. The molecule has 0 bridgehead atoms. The Kier molecular flexibility index (Phi) is 4.88. The number of nitrogens with two attached hydrogens (primary N) is 1. The number of nitrogens with one attached hydrogen (secondary N) is 1. The van der Waals surface area contributed by atoms with Gasteiger partial charge in [-0.1, -0.05) is 23.2 Å². The molecule has 25 heavy (non-hydrogen) atoms. The fourth-order valence-corrected chi connectivity index (χ4v) is 2.79. The summed E-state index contributed by atoms with van der Waals surface area (Å²) in [5, 5.41) is 3.69. The molecule has 0 atom stereocenters. The van der Waals surface area contributed by atoms with Crippen molar-refractivity contribution in [2.24, 2.45) is 0 Å². The minimum absolute atomic E-state index is 0.139. The predicted molar refractivity (Wildman–Crippen MR) is 99.5 cm³/mol. The Morgan fingerprint density at radius 3 is 2.64 bits per heavy atom. The Morgan fingerprint density at radius 2 is 1.92 bits per heavy atom. The topological polar surface area (TPSA) is 77.5 Å². The van der Waals surface area contributed by atoms with Crippen molar-refractivity contribution in [2.75, 3.05) is 18.2 Å². The van der Waals surface area contributed by atoms with E-state index in [1.165, 1.54) is 7.11 Å². The van der Waals surface area contributed by atoms with E-state index in [-0.39, 0.29) is 5.76 Å². The van der Waals surface area contributed by atoms with Crippen LogP contribution in [0.15, 0.2) is 52.9 Å². The molecule has 0 radical (unpaired) electrons. The summed E-state index contributed by atoms with van der Waals surface area (Å²) in [5.74, 6) is 0.649. The summed E-state index contributed by atoms with van der Waals surface area (Å²) in [6.45, 7) is 0. The minimum atomic E-state index is -0.417. The van der Waals surface area contributed by atoms with Crippen molar-refractivity contribution in [3.8, 4) is 17.1 Å². The molecule has 7 heteroatoms. The number of amides is 1. The number of hydrogen-bond acceptors (Lipinski definition) is 4. The van der Waals surface area contributed by atoms with Crippen LogP contribution in [0.1, 0.15) is 10.6 Å². The first kappa shape index (κ1) is 17.2. The van der Waals surface area contributed by atoms with Crippen LogP contribution >= 0.6 is 23.2 Å². The smallest absolute Gasteiger partial charge is 0.291 e. The first-order valence-electron chi connectivity index (χ1n) is 7.28. The number of methoxy groups -OCH3 is 1. The summed E-state index contributed by atoms with van der Waals surface area (Å²) in [6.07, 6.45) is 0. The van der Waals surface area contributed by atoms with Crippen LogP contribution in [-0.2, 0) is 0 Å². The van der Waals surface area contributed by atoms with Crippen molar-refractivity contribution in [3.05, 3.63) is 64.3 Å². The first-order valence-corrected chi connectivity index (χ1v) is 8.03. The quantitative estimate of drug-likeness (QED) is 0.621. The van der Waals surface area contributed by atoms with Crippen LogP contribution in [0.5, 0.6) is 5.75 Å². The van der Waals surface area contributed by atoms with Gasteiger partial charge in [-0.3, -0.25) is 4.79 Å². The zero-order chi connectivity index (χ0) is 18.0. The molecule has 5 nitrogen and oxygen atoms in total. The van der Waals surface area contributed by atoms with E-state index >= 15 is 0 Å². The van der Waals surface area contributed by atoms with Gasteiger partial charge < -0.3 is 20.2 Å². The van der Waals surface area contributed by atoms with E-state index in [2.05, 4.69) is 5.32 Å². The summed E-state index contributed by atoms with van der Waals surface area (Å²) >= 11 is 12.1. The number of benzene rings is 2. The number of nitrogen functional groups attached to an aromatic ring is 1. The van der Waals surface area contributed by atoms with Gasteiger partial charge in [0, 0.05) is 22.3 Å². The fraction of sp³-hybridized carbons (Fsp3) is 0.0556.